The van der Waals surface area contributed by atoms with Crippen LogP contribution in [0.5, 0.6) is 0 Å². The van der Waals surface area contributed by atoms with Crippen LogP contribution in [0, 0.1) is 25.2 Å². The summed E-state index contributed by atoms with van der Waals surface area (Å²) < 4.78 is 11.2. The van der Waals surface area contributed by atoms with Gasteiger partial charge >= 0.3 is 0 Å². The molecule has 1 fully saturated rings. The van der Waals surface area contributed by atoms with Crippen molar-refractivity contribution in [2.45, 2.75) is 58.6 Å². The van der Waals surface area contributed by atoms with E-state index in [4.69, 9.17) is 21.6 Å². The van der Waals surface area contributed by atoms with Crippen molar-refractivity contribution in [3.05, 3.63) is 58.5 Å². The number of ether oxygens (including phenoxy) is 2. The fourth-order valence-corrected chi connectivity index (χ4v) is 4.02. The van der Waals surface area contributed by atoms with Crippen molar-refractivity contribution in [3.63, 3.8) is 0 Å². The molecule has 5 heteroatoms. The van der Waals surface area contributed by atoms with Gasteiger partial charge in [-0.1, -0.05) is 35.7 Å². The molecule has 0 radical (unpaired) electrons. The molecule has 2 unspecified atom stereocenters. The first-order chi connectivity index (χ1) is 15.0. The maximum atomic E-state index is 5.96. The van der Waals surface area contributed by atoms with E-state index in [1.165, 1.54) is 11.1 Å². The summed E-state index contributed by atoms with van der Waals surface area (Å²) in [7, 11) is 3.41. The maximum Gasteiger partial charge on any atom is 0.132 e. The minimum Gasteiger partial charge on any atom is -0.496 e. The van der Waals surface area contributed by atoms with Gasteiger partial charge < -0.3 is 15.2 Å². The summed E-state index contributed by atoms with van der Waals surface area (Å²) in [5, 5.41) is 3.44. The highest BCUT2D eigenvalue weighted by Gasteiger charge is 2.21. The second-order valence-electron chi connectivity index (χ2n) is 8.10. The Bertz CT molecular complexity index is 834. The van der Waals surface area contributed by atoms with Crippen molar-refractivity contribution in [3.8, 4) is 12.3 Å². The first-order valence-electron chi connectivity index (χ1n) is 11.0. The zero-order chi connectivity index (χ0) is 22.6. The predicted molar refractivity (Wildman–Crippen MR) is 129 cm³/mol. The first kappa shape index (κ1) is 24.7. The fourth-order valence-electron chi connectivity index (χ4n) is 4.02. The Morgan fingerprint density at radius 2 is 2.13 bits per heavy atom. The molecule has 0 bridgehead atoms. The van der Waals surface area contributed by atoms with E-state index in [1.54, 1.807) is 21.1 Å². The summed E-state index contributed by atoms with van der Waals surface area (Å²) in [4.78, 5) is 4.56. The SMILES string of the molecule is C#C/C(=C(\C=C(/CCc1cccc(C)c1)N=C(C)N)OC)C1CCCC(OC)NCC1. The van der Waals surface area contributed by atoms with E-state index in [0.29, 0.717) is 11.6 Å². The molecule has 0 amide bonds. The number of aryl methyl sites for hydroxylation is 2. The van der Waals surface area contributed by atoms with Crippen LogP contribution in [-0.4, -0.2) is 32.8 Å². The van der Waals surface area contributed by atoms with Crippen molar-refractivity contribution in [1.82, 2.24) is 5.32 Å². The third kappa shape index (κ3) is 8.24. The maximum absolute atomic E-state index is 5.96. The van der Waals surface area contributed by atoms with E-state index in [0.717, 1.165) is 56.3 Å². The van der Waals surface area contributed by atoms with Gasteiger partial charge in [0.05, 0.1) is 12.9 Å². The molecule has 0 aliphatic carbocycles. The van der Waals surface area contributed by atoms with Gasteiger partial charge in [0.1, 0.15) is 12.0 Å². The number of nitrogens with two attached hydrogens (primary N) is 1. The summed E-state index contributed by atoms with van der Waals surface area (Å²) >= 11 is 0. The molecule has 1 aliphatic heterocycles. The van der Waals surface area contributed by atoms with Crippen molar-refractivity contribution >= 4 is 5.84 Å². The number of rotatable bonds is 8. The summed E-state index contributed by atoms with van der Waals surface area (Å²) in [6.07, 6.45) is 13.6. The van der Waals surface area contributed by atoms with Gasteiger partial charge in [0, 0.05) is 24.5 Å². The van der Waals surface area contributed by atoms with Crippen LogP contribution in [0.4, 0.5) is 0 Å². The monoisotopic (exact) mass is 423 g/mol. The standard InChI is InChI=1S/C26H37N3O2/c1-6-24(22-11-8-12-26(31-5)28-16-15-22)25(30-4)18-23(29-20(3)27)14-13-21-10-7-9-19(2)17-21/h1,7,9-10,17-18,22,26,28H,8,11-16H2,2-5H3,(H2,27,29)/b23-18+,25-24-. The number of terminal acetylenes is 1. The Balaban J connectivity index is 2.26. The lowest BCUT2D eigenvalue weighted by atomic mass is 9.88. The van der Waals surface area contributed by atoms with Gasteiger partial charge in [-0.25, -0.2) is 4.99 Å². The van der Waals surface area contributed by atoms with Crippen LogP contribution in [0.15, 0.2) is 52.4 Å². The van der Waals surface area contributed by atoms with E-state index in [9.17, 15) is 0 Å². The molecule has 1 aromatic carbocycles. The fraction of sp³-hybridized carbons (Fsp3) is 0.500. The number of nitrogens with one attached hydrogen (secondary N) is 1. The minimum absolute atomic E-state index is 0.121. The number of benzene rings is 1. The van der Waals surface area contributed by atoms with Crippen molar-refractivity contribution in [2.75, 3.05) is 20.8 Å². The van der Waals surface area contributed by atoms with Gasteiger partial charge in [-0.15, -0.1) is 6.42 Å². The minimum atomic E-state index is 0.121. The Labute approximate surface area is 187 Å². The smallest absolute Gasteiger partial charge is 0.132 e. The van der Waals surface area contributed by atoms with Crippen molar-refractivity contribution in [1.29, 1.82) is 0 Å². The van der Waals surface area contributed by atoms with Gasteiger partial charge in [-0.2, -0.15) is 0 Å². The highest BCUT2D eigenvalue weighted by Crippen LogP contribution is 2.28. The topological polar surface area (TPSA) is 68.9 Å². The number of aliphatic imine (C=N–C) groups is 1. The lowest BCUT2D eigenvalue weighted by molar-refractivity contribution is 0.0583. The Kier molecular flexibility index (Phi) is 10.4. The molecular formula is C26H37N3O2. The lowest BCUT2D eigenvalue weighted by Gasteiger charge is -2.26. The molecule has 1 heterocycles. The summed E-state index contributed by atoms with van der Waals surface area (Å²) in [6.45, 7) is 4.76. The lowest BCUT2D eigenvalue weighted by Crippen LogP contribution is -2.34. The molecule has 2 atom stereocenters. The van der Waals surface area contributed by atoms with Gasteiger partial charge in [0.25, 0.3) is 0 Å². The zero-order valence-electron chi connectivity index (χ0n) is 19.4. The van der Waals surface area contributed by atoms with Crippen LogP contribution in [-0.2, 0) is 15.9 Å². The van der Waals surface area contributed by atoms with Gasteiger partial charge in [0.15, 0.2) is 0 Å². The van der Waals surface area contributed by atoms with Gasteiger partial charge in [0.2, 0.25) is 0 Å². The zero-order valence-corrected chi connectivity index (χ0v) is 19.4. The summed E-state index contributed by atoms with van der Waals surface area (Å²) in [5.74, 6) is 4.40. The summed E-state index contributed by atoms with van der Waals surface area (Å²) in [6, 6.07) is 8.52. The Morgan fingerprint density at radius 1 is 1.32 bits per heavy atom. The quantitative estimate of drug-likeness (QED) is 0.213. The van der Waals surface area contributed by atoms with E-state index in [1.807, 2.05) is 6.08 Å². The van der Waals surface area contributed by atoms with E-state index in [2.05, 4.69) is 47.4 Å². The van der Waals surface area contributed by atoms with Crippen LogP contribution in [0.2, 0.25) is 0 Å². The third-order valence-corrected chi connectivity index (χ3v) is 5.59. The van der Waals surface area contributed by atoms with Gasteiger partial charge in [-0.05, 0) is 70.4 Å². The molecule has 0 spiro atoms. The number of allylic oxidation sites excluding steroid dienone is 3. The van der Waals surface area contributed by atoms with E-state index < -0.39 is 0 Å². The number of hydrogen-bond acceptors (Lipinski definition) is 4. The van der Waals surface area contributed by atoms with Crippen molar-refractivity contribution in [2.24, 2.45) is 16.6 Å². The van der Waals surface area contributed by atoms with Crippen LogP contribution in [0.25, 0.3) is 0 Å². The number of nitrogens with zero attached hydrogens (tertiary/aromatic N) is 1. The largest absolute Gasteiger partial charge is 0.496 e. The van der Waals surface area contributed by atoms with Gasteiger partial charge in [-0.3, -0.25) is 5.32 Å². The molecule has 3 N–H and O–H groups in total. The molecule has 1 aliphatic rings. The molecule has 168 valence electrons. The number of hydrogen-bond donors (Lipinski definition) is 2. The second-order valence-corrected chi connectivity index (χ2v) is 8.10. The molecule has 1 saturated heterocycles. The van der Waals surface area contributed by atoms with Crippen LogP contribution in [0.1, 0.15) is 50.2 Å². The second kappa shape index (κ2) is 13.0. The highest BCUT2D eigenvalue weighted by molar-refractivity contribution is 5.78. The molecule has 0 aromatic heterocycles. The van der Waals surface area contributed by atoms with Crippen molar-refractivity contribution < 1.29 is 9.47 Å². The summed E-state index contributed by atoms with van der Waals surface area (Å²) in [5.41, 5.74) is 10.2. The van der Waals surface area contributed by atoms with Crippen LogP contribution in [0.3, 0.4) is 0 Å². The predicted octanol–water partition coefficient (Wildman–Crippen LogP) is 4.47. The number of amidine groups is 1. The highest BCUT2D eigenvalue weighted by atomic mass is 16.5. The van der Waals surface area contributed by atoms with E-state index >= 15 is 0 Å². The molecular weight excluding hydrogens is 386 g/mol. The van der Waals surface area contributed by atoms with E-state index in [-0.39, 0.29) is 12.1 Å². The third-order valence-electron chi connectivity index (χ3n) is 5.59. The molecule has 1 aromatic rings. The Morgan fingerprint density at radius 3 is 2.77 bits per heavy atom. The molecule has 5 nitrogen and oxygen atoms in total. The molecule has 0 saturated carbocycles. The first-order valence-corrected chi connectivity index (χ1v) is 11.0. The van der Waals surface area contributed by atoms with Crippen LogP contribution >= 0.6 is 0 Å². The van der Waals surface area contributed by atoms with Crippen LogP contribution < -0.4 is 11.1 Å². The molecule has 31 heavy (non-hydrogen) atoms. The average molecular weight is 424 g/mol. The Hall–Kier alpha value is -2.55. The average Bonchev–Trinajstić information content (AvgIpc) is 2.72. The number of methoxy groups -OCH3 is 2. The molecule has 2 rings (SSSR count). The normalized spacial score (nSPS) is 21.5.